The third-order valence-corrected chi connectivity index (χ3v) is 7.42. The highest BCUT2D eigenvalue weighted by Crippen LogP contribution is 2.29. The number of piperidine rings is 1. The molecule has 0 radical (unpaired) electrons. The number of hydrogen-bond acceptors (Lipinski definition) is 3. The molecule has 0 atom stereocenters. The number of H-pyrrole nitrogens is 1. The number of aldehydes is 1. The molecule has 4 nitrogen and oxygen atoms in total. The average molecular weight is 536 g/mol. The van der Waals surface area contributed by atoms with E-state index in [-0.39, 0.29) is 11.6 Å². The largest absolute Gasteiger partial charge is 0.361 e. The molecule has 0 amide bonds. The third kappa shape index (κ3) is 8.97. The molecule has 1 aromatic carbocycles. The summed E-state index contributed by atoms with van der Waals surface area (Å²) in [6.07, 6.45) is 17.2. The number of rotatable bonds is 5. The Balaban J connectivity index is 0.000000294. The van der Waals surface area contributed by atoms with E-state index in [4.69, 9.17) is 0 Å². The molecule has 2 heterocycles. The van der Waals surface area contributed by atoms with Crippen molar-refractivity contribution in [1.82, 2.24) is 14.8 Å². The van der Waals surface area contributed by atoms with Crippen molar-refractivity contribution in [3.8, 4) is 0 Å². The molecular formula is C33H43F2N3O. The van der Waals surface area contributed by atoms with Crippen molar-refractivity contribution < 1.29 is 13.6 Å². The summed E-state index contributed by atoms with van der Waals surface area (Å²) in [7, 11) is 4.30. The maximum absolute atomic E-state index is 14.5. The SMILES string of the molecule is CC.CN1CCC(N(C)Cc2cc(C3=Cc4cc[nH]c4C=CC3)ccc2F)CC1.O=CC1=CC=C(F)CCC1. The normalized spacial score (nSPS) is 17.8. The molecule has 0 bridgehead atoms. The van der Waals surface area contributed by atoms with Crippen LogP contribution >= 0.6 is 0 Å². The number of aromatic amines is 1. The Kier molecular flexibility index (Phi) is 12.1. The van der Waals surface area contributed by atoms with Crippen molar-refractivity contribution in [2.24, 2.45) is 0 Å². The van der Waals surface area contributed by atoms with E-state index in [1.54, 1.807) is 12.1 Å². The second kappa shape index (κ2) is 15.5. The van der Waals surface area contributed by atoms with E-state index >= 15 is 0 Å². The molecule has 1 fully saturated rings. The van der Waals surface area contributed by atoms with E-state index in [2.05, 4.69) is 53.2 Å². The summed E-state index contributed by atoms with van der Waals surface area (Å²) in [6, 6.07) is 8.19. The summed E-state index contributed by atoms with van der Waals surface area (Å²) >= 11 is 0. The Morgan fingerprint density at radius 2 is 1.87 bits per heavy atom. The molecule has 0 saturated carbocycles. The van der Waals surface area contributed by atoms with Gasteiger partial charge in [0.1, 0.15) is 12.1 Å². The minimum absolute atomic E-state index is 0.106. The molecule has 210 valence electrons. The summed E-state index contributed by atoms with van der Waals surface area (Å²) in [5, 5.41) is 0. The van der Waals surface area contributed by atoms with Crippen molar-refractivity contribution in [3.05, 3.63) is 88.3 Å². The second-order valence-electron chi connectivity index (χ2n) is 10.2. The molecule has 1 aliphatic heterocycles. The number of nitrogens with zero attached hydrogens (tertiary/aromatic N) is 2. The predicted octanol–water partition coefficient (Wildman–Crippen LogP) is 7.81. The van der Waals surface area contributed by atoms with Gasteiger partial charge in [0.2, 0.25) is 0 Å². The summed E-state index contributed by atoms with van der Waals surface area (Å²) in [5.41, 5.74) is 6.14. The number of aromatic nitrogens is 1. The molecular weight excluding hydrogens is 492 g/mol. The Morgan fingerprint density at radius 3 is 2.62 bits per heavy atom. The summed E-state index contributed by atoms with van der Waals surface area (Å²) in [4.78, 5) is 18.1. The Morgan fingerprint density at radius 1 is 1.10 bits per heavy atom. The third-order valence-electron chi connectivity index (χ3n) is 7.42. The van der Waals surface area contributed by atoms with E-state index in [0.717, 1.165) is 61.9 Å². The van der Waals surface area contributed by atoms with Crippen LogP contribution in [0.15, 0.2) is 60.1 Å². The highest BCUT2D eigenvalue weighted by molar-refractivity contribution is 5.86. The van der Waals surface area contributed by atoms with Gasteiger partial charge in [-0.25, -0.2) is 8.78 Å². The van der Waals surface area contributed by atoms with Crippen LogP contribution in [0, 0.1) is 5.82 Å². The van der Waals surface area contributed by atoms with Crippen LogP contribution in [-0.4, -0.2) is 54.3 Å². The Hall–Kier alpha value is -3.09. The minimum atomic E-state index is -0.128. The monoisotopic (exact) mass is 535 g/mol. The van der Waals surface area contributed by atoms with Crippen molar-refractivity contribution >= 4 is 24.0 Å². The van der Waals surface area contributed by atoms with Gasteiger partial charge in [-0.3, -0.25) is 9.69 Å². The van der Waals surface area contributed by atoms with E-state index in [9.17, 15) is 13.6 Å². The zero-order valence-electron chi connectivity index (χ0n) is 23.9. The zero-order valence-corrected chi connectivity index (χ0v) is 23.9. The summed E-state index contributed by atoms with van der Waals surface area (Å²) in [5.74, 6) is -0.234. The molecule has 1 saturated heterocycles. The van der Waals surface area contributed by atoms with Gasteiger partial charge < -0.3 is 9.88 Å². The highest BCUT2D eigenvalue weighted by Gasteiger charge is 2.21. The van der Waals surface area contributed by atoms with Gasteiger partial charge in [0.15, 0.2) is 0 Å². The fraction of sp³-hybridized carbons (Fsp3) is 0.424. The lowest BCUT2D eigenvalue weighted by molar-refractivity contribution is -0.105. The number of nitrogens with one attached hydrogen (secondary N) is 1. The topological polar surface area (TPSA) is 39.3 Å². The quantitative estimate of drug-likeness (QED) is 0.397. The lowest BCUT2D eigenvalue weighted by atomic mass is 9.98. The fourth-order valence-electron chi connectivity index (χ4n) is 5.07. The van der Waals surface area contributed by atoms with Crippen LogP contribution in [0.25, 0.3) is 17.7 Å². The highest BCUT2D eigenvalue weighted by atomic mass is 19.1. The van der Waals surface area contributed by atoms with Gasteiger partial charge >= 0.3 is 0 Å². The Bertz CT molecular complexity index is 1200. The number of carbonyl (C=O) groups is 1. The summed E-state index contributed by atoms with van der Waals surface area (Å²) in [6.45, 7) is 6.90. The number of allylic oxidation sites excluding steroid dienone is 6. The van der Waals surface area contributed by atoms with Crippen LogP contribution in [0.3, 0.4) is 0 Å². The zero-order chi connectivity index (χ0) is 28.2. The number of likely N-dealkylation sites (tertiary alicyclic amines) is 1. The van der Waals surface area contributed by atoms with E-state index in [1.165, 1.54) is 17.2 Å². The fourth-order valence-corrected chi connectivity index (χ4v) is 5.07. The smallest absolute Gasteiger partial charge is 0.146 e. The maximum atomic E-state index is 14.5. The van der Waals surface area contributed by atoms with Crippen LogP contribution in [0.2, 0.25) is 0 Å². The van der Waals surface area contributed by atoms with Crippen molar-refractivity contribution in [2.45, 2.75) is 65.0 Å². The van der Waals surface area contributed by atoms with Crippen LogP contribution < -0.4 is 0 Å². The molecule has 2 aliphatic carbocycles. The maximum Gasteiger partial charge on any atom is 0.146 e. The van der Waals surface area contributed by atoms with Crippen molar-refractivity contribution in [2.75, 3.05) is 27.2 Å². The molecule has 0 unspecified atom stereocenters. The van der Waals surface area contributed by atoms with Gasteiger partial charge in [-0.1, -0.05) is 32.1 Å². The van der Waals surface area contributed by atoms with Gasteiger partial charge in [0.25, 0.3) is 0 Å². The molecule has 1 N–H and O–H groups in total. The van der Waals surface area contributed by atoms with Gasteiger partial charge in [0.05, 0.1) is 5.83 Å². The van der Waals surface area contributed by atoms with Gasteiger partial charge in [-0.2, -0.15) is 0 Å². The predicted molar refractivity (Wildman–Crippen MR) is 159 cm³/mol. The first-order valence-corrected chi connectivity index (χ1v) is 14.2. The number of carbonyl (C=O) groups excluding carboxylic acids is 1. The van der Waals surface area contributed by atoms with E-state index < -0.39 is 0 Å². The molecule has 3 aliphatic rings. The first-order valence-electron chi connectivity index (χ1n) is 14.2. The van der Waals surface area contributed by atoms with Gasteiger partial charge in [0, 0.05) is 30.0 Å². The molecule has 0 spiro atoms. The van der Waals surface area contributed by atoms with Crippen LogP contribution in [0.5, 0.6) is 0 Å². The first kappa shape index (κ1) is 30.5. The van der Waals surface area contributed by atoms with Crippen LogP contribution in [-0.2, 0) is 11.3 Å². The Labute approximate surface area is 232 Å². The van der Waals surface area contributed by atoms with E-state index in [1.807, 2.05) is 32.2 Å². The summed E-state index contributed by atoms with van der Waals surface area (Å²) < 4.78 is 27.0. The molecule has 1 aromatic heterocycles. The molecule has 6 heteroatoms. The number of halogens is 2. The number of benzene rings is 1. The lowest BCUT2D eigenvalue weighted by Gasteiger charge is -2.35. The standard InChI is InChI=1S/C23H28FN3.C8H9FO.C2H6/c1-26-12-9-21(10-13-26)27(2)16-20-15-18(6-7-22(20)24)17-4-3-5-23-19(14-17)8-11-25-23;9-8-3-1-2-7(6-10)4-5-8;1-2/h3,5-8,11,14-15,21,25H,4,9-10,12-13,16H2,1-2H3;4-6H,1-3H2;1-2H3. The molecule has 2 aromatic rings. The van der Waals surface area contributed by atoms with Crippen LogP contribution in [0.4, 0.5) is 8.78 Å². The minimum Gasteiger partial charge on any atom is -0.361 e. The van der Waals surface area contributed by atoms with E-state index in [0.29, 0.717) is 31.0 Å². The first-order chi connectivity index (χ1) is 18.9. The second-order valence-corrected chi connectivity index (χ2v) is 10.2. The van der Waals surface area contributed by atoms with Crippen molar-refractivity contribution in [1.29, 1.82) is 0 Å². The molecule has 5 rings (SSSR count). The van der Waals surface area contributed by atoms with Crippen LogP contribution in [0.1, 0.15) is 74.8 Å². The number of fused-ring (bicyclic) bond motifs is 1. The lowest BCUT2D eigenvalue weighted by Crippen LogP contribution is -2.41. The van der Waals surface area contributed by atoms with Crippen molar-refractivity contribution in [3.63, 3.8) is 0 Å². The molecule has 39 heavy (non-hydrogen) atoms. The average Bonchev–Trinajstić information content (AvgIpc) is 3.15. The van der Waals surface area contributed by atoms with Gasteiger partial charge in [-0.05, 0) is 124 Å². The number of hydrogen-bond donors (Lipinski definition) is 1. The van der Waals surface area contributed by atoms with Gasteiger partial charge in [-0.15, -0.1) is 0 Å².